The minimum absolute atomic E-state index is 0.184. The van der Waals surface area contributed by atoms with Gasteiger partial charge in [-0.15, -0.1) is 5.10 Å². The van der Waals surface area contributed by atoms with Gasteiger partial charge in [-0.2, -0.15) is 4.68 Å². The van der Waals surface area contributed by atoms with Gasteiger partial charge in [-0.05, 0) is 22.6 Å². The first kappa shape index (κ1) is 13.3. The lowest BCUT2D eigenvalue weighted by molar-refractivity contribution is 0.777. The maximum atomic E-state index is 11.3. The van der Waals surface area contributed by atoms with E-state index in [1.807, 2.05) is 30.3 Å². The van der Waals surface area contributed by atoms with Crippen LogP contribution in [-0.4, -0.2) is 30.2 Å². The molecule has 0 bridgehead atoms. The highest BCUT2D eigenvalue weighted by atomic mass is 32.2. The second kappa shape index (κ2) is 5.75. The molecule has 2 heterocycles. The molecule has 0 saturated carbocycles. The Hall–Kier alpha value is -2.68. The summed E-state index contributed by atoms with van der Waals surface area (Å²) in [5, 5.41) is 12.1. The second-order valence-electron chi connectivity index (χ2n) is 4.11. The lowest BCUT2D eigenvalue weighted by Crippen LogP contribution is -2.09. The number of aromatic nitrogens is 6. The number of anilines is 1. The van der Waals surface area contributed by atoms with Crippen LogP contribution in [0.1, 0.15) is 5.82 Å². The van der Waals surface area contributed by atoms with E-state index in [1.165, 1.54) is 17.8 Å². The average molecular weight is 301 g/mol. The number of para-hydroxylation sites is 1. The van der Waals surface area contributed by atoms with E-state index in [4.69, 9.17) is 5.73 Å². The third-order valence-electron chi connectivity index (χ3n) is 2.61. The van der Waals surface area contributed by atoms with Crippen LogP contribution in [0.5, 0.6) is 0 Å². The third-order valence-corrected chi connectivity index (χ3v) is 3.48. The molecule has 0 aliphatic rings. The number of aromatic amines is 1. The average Bonchev–Trinajstić information content (AvgIpc) is 2.93. The van der Waals surface area contributed by atoms with Crippen LogP contribution in [0.15, 0.2) is 46.3 Å². The Morgan fingerprint density at radius 2 is 2.10 bits per heavy atom. The van der Waals surface area contributed by atoms with Gasteiger partial charge in [0.2, 0.25) is 0 Å². The van der Waals surface area contributed by atoms with Gasteiger partial charge in [-0.3, -0.25) is 4.79 Å². The Labute approximate surface area is 123 Å². The van der Waals surface area contributed by atoms with E-state index >= 15 is 0 Å². The quantitative estimate of drug-likeness (QED) is 0.536. The van der Waals surface area contributed by atoms with Crippen LogP contribution >= 0.6 is 11.8 Å². The minimum Gasteiger partial charge on any atom is -0.383 e. The molecular weight excluding hydrogens is 290 g/mol. The minimum atomic E-state index is -0.285. The molecule has 3 rings (SSSR count). The highest BCUT2D eigenvalue weighted by Crippen LogP contribution is 2.18. The molecule has 3 N–H and O–H groups in total. The Balaban J connectivity index is 1.80. The Morgan fingerprint density at radius 1 is 1.29 bits per heavy atom. The molecule has 106 valence electrons. The van der Waals surface area contributed by atoms with Gasteiger partial charge < -0.3 is 10.7 Å². The van der Waals surface area contributed by atoms with E-state index in [2.05, 4.69) is 25.5 Å². The van der Waals surface area contributed by atoms with E-state index in [0.717, 1.165) is 5.69 Å². The predicted octanol–water partition coefficient (Wildman–Crippen LogP) is 0.620. The first-order chi connectivity index (χ1) is 10.2. The molecule has 1 aromatic carbocycles. The number of tetrazole rings is 1. The maximum absolute atomic E-state index is 11.3. The lowest BCUT2D eigenvalue weighted by atomic mass is 10.3. The fraction of sp³-hybridized carbons (Fsp3) is 0.0833. The van der Waals surface area contributed by atoms with Gasteiger partial charge in [-0.1, -0.05) is 30.0 Å². The number of thioether (sulfide) groups is 1. The van der Waals surface area contributed by atoms with Gasteiger partial charge in [-0.25, -0.2) is 4.98 Å². The van der Waals surface area contributed by atoms with E-state index in [0.29, 0.717) is 16.7 Å². The zero-order valence-electron chi connectivity index (χ0n) is 10.8. The second-order valence-corrected chi connectivity index (χ2v) is 5.07. The topological polar surface area (TPSA) is 115 Å². The Morgan fingerprint density at radius 3 is 2.86 bits per heavy atom. The van der Waals surface area contributed by atoms with Crippen LogP contribution in [0.2, 0.25) is 0 Å². The number of hydrogen-bond donors (Lipinski definition) is 2. The predicted molar refractivity (Wildman–Crippen MR) is 78.0 cm³/mol. The van der Waals surface area contributed by atoms with Crippen LogP contribution in [-0.2, 0) is 5.75 Å². The zero-order chi connectivity index (χ0) is 14.7. The van der Waals surface area contributed by atoms with Gasteiger partial charge >= 0.3 is 0 Å². The van der Waals surface area contributed by atoms with Crippen LogP contribution in [0.3, 0.4) is 0 Å². The van der Waals surface area contributed by atoms with Crippen molar-refractivity contribution in [3.8, 4) is 5.69 Å². The SMILES string of the molecule is Nc1cc(=O)[nH]c(SCc2nnnn2-c2ccccc2)n1. The summed E-state index contributed by atoms with van der Waals surface area (Å²) in [6.07, 6.45) is 0. The first-order valence-corrected chi connectivity index (χ1v) is 7.03. The number of nitrogens with two attached hydrogens (primary N) is 1. The fourth-order valence-electron chi connectivity index (χ4n) is 1.72. The Bertz CT molecular complexity index is 799. The summed E-state index contributed by atoms with van der Waals surface area (Å²) in [6.45, 7) is 0. The molecule has 0 radical (unpaired) electrons. The highest BCUT2D eigenvalue weighted by Gasteiger charge is 2.09. The summed E-state index contributed by atoms with van der Waals surface area (Å²) >= 11 is 1.31. The number of nitrogen functional groups attached to an aromatic ring is 1. The molecular formula is C12H11N7OS. The van der Waals surface area contributed by atoms with Gasteiger partial charge in [0.05, 0.1) is 11.4 Å². The van der Waals surface area contributed by atoms with Crippen molar-refractivity contribution in [1.29, 1.82) is 0 Å². The summed E-state index contributed by atoms with van der Waals surface area (Å²) in [7, 11) is 0. The molecule has 9 heteroatoms. The van der Waals surface area contributed by atoms with Gasteiger partial charge in [0, 0.05) is 6.07 Å². The molecule has 21 heavy (non-hydrogen) atoms. The third kappa shape index (κ3) is 3.08. The first-order valence-electron chi connectivity index (χ1n) is 6.05. The summed E-state index contributed by atoms with van der Waals surface area (Å²) in [4.78, 5) is 18.0. The number of rotatable bonds is 4. The normalized spacial score (nSPS) is 10.7. The molecule has 0 atom stereocenters. The molecule has 3 aromatic rings. The molecule has 0 aliphatic heterocycles. The van der Waals surface area contributed by atoms with Crippen molar-refractivity contribution < 1.29 is 0 Å². The maximum Gasteiger partial charge on any atom is 0.253 e. The van der Waals surface area contributed by atoms with E-state index in [-0.39, 0.29) is 11.4 Å². The van der Waals surface area contributed by atoms with Crippen LogP contribution in [0.4, 0.5) is 5.82 Å². The number of benzene rings is 1. The van der Waals surface area contributed by atoms with E-state index < -0.39 is 0 Å². The van der Waals surface area contributed by atoms with Gasteiger partial charge in [0.1, 0.15) is 5.82 Å². The molecule has 0 spiro atoms. The van der Waals surface area contributed by atoms with E-state index in [9.17, 15) is 4.79 Å². The Kier molecular flexibility index (Phi) is 3.65. The van der Waals surface area contributed by atoms with Crippen molar-refractivity contribution in [3.05, 3.63) is 52.6 Å². The largest absolute Gasteiger partial charge is 0.383 e. The zero-order valence-corrected chi connectivity index (χ0v) is 11.6. The molecule has 0 aliphatic carbocycles. The number of H-pyrrole nitrogens is 1. The van der Waals surface area contributed by atoms with Crippen LogP contribution < -0.4 is 11.3 Å². The molecule has 0 amide bonds. The number of hydrogen-bond acceptors (Lipinski definition) is 7. The van der Waals surface area contributed by atoms with Crippen molar-refractivity contribution in [3.63, 3.8) is 0 Å². The summed E-state index contributed by atoms with van der Waals surface area (Å²) < 4.78 is 1.64. The smallest absolute Gasteiger partial charge is 0.253 e. The van der Waals surface area contributed by atoms with Gasteiger partial charge in [0.25, 0.3) is 5.56 Å². The van der Waals surface area contributed by atoms with Crippen molar-refractivity contribution in [2.45, 2.75) is 10.9 Å². The lowest BCUT2D eigenvalue weighted by Gasteiger charge is -2.04. The number of nitrogens with one attached hydrogen (secondary N) is 1. The molecule has 2 aromatic heterocycles. The standard InChI is InChI=1S/C12H11N7OS/c13-9-6-11(20)15-12(14-9)21-7-10-16-17-18-19(10)8-4-2-1-3-5-8/h1-6H,7H2,(H3,13,14,15,20). The van der Waals surface area contributed by atoms with Crippen molar-refractivity contribution in [1.82, 2.24) is 30.2 Å². The molecule has 0 unspecified atom stereocenters. The highest BCUT2D eigenvalue weighted by molar-refractivity contribution is 7.98. The summed E-state index contributed by atoms with van der Waals surface area (Å²) in [5.41, 5.74) is 6.12. The summed E-state index contributed by atoms with van der Waals surface area (Å²) in [6, 6.07) is 10.8. The van der Waals surface area contributed by atoms with Crippen molar-refractivity contribution in [2.24, 2.45) is 0 Å². The molecule has 8 nitrogen and oxygen atoms in total. The van der Waals surface area contributed by atoms with Crippen LogP contribution in [0.25, 0.3) is 5.69 Å². The summed E-state index contributed by atoms with van der Waals surface area (Å²) in [5.74, 6) is 1.29. The monoisotopic (exact) mass is 301 g/mol. The van der Waals surface area contributed by atoms with Crippen molar-refractivity contribution >= 4 is 17.6 Å². The molecule has 0 saturated heterocycles. The number of nitrogens with zero attached hydrogens (tertiary/aromatic N) is 5. The fourth-order valence-corrected chi connectivity index (χ4v) is 2.51. The van der Waals surface area contributed by atoms with Crippen molar-refractivity contribution in [2.75, 3.05) is 5.73 Å². The molecule has 0 fully saturated rings. The van der Waals surface area contributed by atoms with Gasteiger partial charge in [0.15, 0.2) is 11.0 Å². The van der Waals surface area contributed by atoms with Crippen LogP contribution in [0, 0.1) is 0 Å². The van der Waals surface area contributed by atoms with E-state index in [1.54, 1.807) is 4.68 Å².